The monoisotopic (exact) mass is 339 g/mol. The van der Waals surface area contributed by atoms with Crippen molar-refractivity contribution in [2.75, 3.05) is 6.61 Å². The third-order valence-corrected chi connectivity index (χ3v) is 3.70. The molecule has 0 spiro atoms. The lowest BCUT2D eigenvalue weighted by Gasteiger charge is -2.10. The van der Waals surface area contributed by atoms with Crippen molar-refractivity contribution in [2.45, 2.75) is 33.6 Å². The van der Waals surface area contributed by atoms with Gasteiger partial charge in [-0.25, -0.2) is 4.98 Å². The number of ether oxygens (including phenoxy) is 1. The molecule has 0 aromatic carbocycles. The fraction of sp³-hybridized carbons (Fsp3) is 0.389. The molecule has 25 heavy (non-hydrogen) atoms. The minimum atomic E-state index is -0.318. The standard InChI is InChI=1S/C18H21N5O2/c1-4-25-17(24)9-16-21-22-18-14(8-12(2)3)20-15(11-23(16)18)13-6-5-7-19-10-13/h5-7,10-12H,4,8-9H2,1-3H3. The molecule has 0 aliphatic carbocycles. The number of nitrogens with zero attached hydrogens (tertiary/aromatic N) is 5. The average Bonchev–Trinajstić information content (AvgIpc) is 2.98. The largest absolute Gasteiger partial charge is 0.466 e. The number of fused-ring (bicyclic) bond motifs is 1. The van der Waals surface area contributed by atoms with E-state index in [4.69, 9.17) is 9.72 Å². The van der Waals surface area contributed by atoms with Crippen LogP contribution in [0.4, 0.5) is 0 Å². The van der Waals surface area contributed by atoms with Crippen LogP contribution in [0.25, 0.3) is 16.9 Å². The van der Waals surface area contributed by atoms with Crippen LogP contribution in [0.5, 0.6) is 0 Å². The van der Waals surface area contributed by atoms with Gasteiger partial charge in [0.2, 0.25) is 0 Å². The van der Waals surface area contributed by atoms with Crippen LogP contribution in [0, 0.1) is 5.92 Å². The van der Waals surface area contributed by atoms with E-state index < -0.39 is 0 Å². The van der Waals surface area contributed by atoms with Gasteiger partial charge in [0.25, 0.3) is 0 Å². The van der Waals surface area contributed by atoms with Crippen LogP contribution < -0.4 is 0 Å². The lowest BCUT2D eigenvalue weighted by Crippen LogP contribution is -2.11. The number of esters is 1. The SMILES string of the molecule is CCOC(=O)Cc1nnc2c(CC(C)C)nc(-c3cccnc3)cn12. The smallest absolute Gasteiger partial charge is 0.313 e. The van der Waals surface area contributed by atoms with Gasteiger partial charge in [-0.05, 0) is 31.4 Å². The van der Waals surface area contributed by atoms with Crippen LogP contribution in [0.3, 0.4) is 0 Å². The van der Waals surface area contributed by atoms with Crippen LogP contribution in [0.15, 0.2) is 30.7 Å². The lowest BCUT2D eigenvalue weighted by molar-refractivity contribution is -0.142. The predicted molar refractivity (Wildman–Crippen MR) is 92.9 cm³/mol. The van der Waals surface area contributed by atoms with Gasteiger partial charge in [0.1, 0.15) is 12.2 Å². The first-order valence-electron chi connectivity index (χ1n) is 8.38. The maximum Gasteiger partial charge on any atom is 0.313 e. The third kappa shape index (κ3) is 3.81. The van der Waals surface area contributed by atoms with Crippen LogP contribution in [0.2, 0.25) is 0 Å². The van der Waals surface area contributed by atoms with Gasteiger partial charge in [0, 0.05) is 24.2 Å². The third-order valence-electron chi connectivity index (χ3n) is 3.70. The number of pyridine rings is 1. The molecule has 3 rings (SSSR count). The fourth-order valence-electron chi connectivity index (χ4n) is 2.64. The Labute approximate surface area is 146 Å². The Kier molecular flexibility index (Phi) is 5.02. The average molecular weight is 339 g/mol. The van der Waals surface area contributed by atoms with E-state index in [1.54, 1.807) is 19.3 Å². The van der Waals surface area contributed by atoms with Gasteiger partial charge < -0.3 is 4.74 Å². The van der Waals surface area contributed by atoms with Crippen molar-refractivity contribution in [1.82, 2.24) is 24.6 Å². The fourth-order valence-corrected chi connectivity index (χ4v) is 2.64. The Balaban J connectivity index is 2.10. The normalized spacial score (nSPS) is 11.2. The summed E-state index contributed by atoms with van der Waals surface area (Å²) in [6.07, 6.45) is 6.19. The van der Waals surface area contributed by atoms with Gasteiger partial charge in [-0.1, -0.05) is 13.8 Å². The molecule has 0 saturated carbocycles. The van der Waals surface area contributed by atoms with Crippen molar-refractivity contribution in [3.8, 4) is 11.3 Å². The van der Waals surface area contributed by atoms with Crippen LogP contribution in [-0.2, 0) is 22.4 Å². The first kappa shape index (κ1) is 17.0. The molecule has 0 radical (unpaired) electrons. The quantitative estimate of drug-likeness (QED) is 0.642. The molecule has 3 aromatic rings. The van der Waals surface area contributed by atoms with Crippen LogP contribution in [0.1, 0.15) is 32.3 Å². The van der Waals surface area contributed by atoms with E-state index in [-0.39, 0.29) is 12.4 Å². The summed E-state index contributed by atoms with van der Waals surface area (Å²) in [6.45, 7) is 6.39. The van der Waals surface area contributed by atoms with Gasteiger partial charge in [0.15, 0.2) is 5.65 Å². The summed E-state index contributed by atoms with van der Waals surface area (Å²) in [7, 11) is 0. The molecule has 130 valence electrons. The lowest BCUT2D eigenvalue weighted by atomic mass is 10.1. The second-order valence-corrected chi connectivity index (χ2v) is 6.20. The molecule has 3 aromatic heterocycles. The Morgan fingerprint density at radius 2 is 2.16 bits per heavy atom. The highest BCUT2D eigenvalue weighted by atomic mass is 16.5. The van der Waals surface area contributed by atoms with Crippen molar-refractivity contribution in [2.24, 2.45) is 5.92 Å². The highest BCUT2D eigenvalue weighted by Crippen LogP contribution is 2.21. The molecule has 3 heterocycles. The highest BCUT2D eigenvalue weighted by molar-refractivity contribution is 5.72. The predicted octanol–water partition coefficient (Wildman–Crippen LogP) is 2.49. The molecule has 7 nitrogen and oxygen atoms in total. The van der Waals surface area contributed by atoms with Crippen molar-refractivity contribution in [3.63, 3.8) is 0 Å². The number of hydrogen-bond donors (Lipinski definition) is 0. The molecular formula is C18H21N5O2. The van der Waals surface area contributed by atoms with E-state index in [0.29, 0.717) is 24.0 Å². The Hall–Kier alpha value is -2.83. The number of rotatable bonds is 6. The summed E-state index contributed by atoms with van der Waals surface area (Å²) in [6, 6.07) is 3.82. The molecule has 0 aliphatic rings. The minimum Gasteiger partial charge on any atom is -0.466 e. The van der Waals surface area contributed by atoms with Gasteiger partial charge in [0.05, 0.1) is 18.0 Å². The van der Waals surface area contributed by atoms with E-state index in [1.165, 1.54) is 0 Å². The summed E-state index contributed by atoms with van der Waals surface area (Å²) in [4.78, 5) is 20.8. The summed E-state index contributed by atoms with van der Waals surface area (Å²) in [5.74, 6) is 0.651. The zero-order valence-corrected chi connectivity index (χ0v) is 14.6. The molecule has 0 bridgehead atoms. The van der Waals surface area contributed by atoms with Crippen molar-refractivity contribution >= 4 is 11.6 Å². The molecule has 0 atom stereocenters. The van der Waals surface area contributed by atoms with Gasteiger partial charge in [-0.3, -0.25) is 14.2 Å². The van der Waals surface area contributed by atoms with Crippen LogP contribution in [-0.4, -0.2) is 37.1 Å². The topological polar surface area (TPSA) is 82.3 Å². The number of carbonyl (C=O) groups is 1. The van der Waals surface area contributed by atoms with E-state index in [1.807, 2.05) is 22.7 Å². The van der Waals surface area contributed by atoms with E-state index in [0.717, 1.165) is 23.4 Å². The molecule has 7 heteroatoms. The van der Waals surface area contributed by atoms with Crippen molar-refractivity contribution in [3.05, 3.63) is 42.2 Å². The number of hydrogen-bond acceptors (Lipinski definition) is 6. The van der Waals surface area contributed by atoms with Crippen molar-refractivity contribution < 1.29 is 9.53 Å². The maximum atomic E-state index is 11.8. The zero-order valence-electron chi connectivity index (χ0n) is 14.6. The molecular weight excluding hydrogens is 318 g/mol. The minimum absolute atomic E-state index is 0.0760. The molecule has 0 amide bonds. The number of aromatic nitrogens is 5. The van der Waals surface area contributed by atoms with E-state index in [2.05, 4.69) is 29.0 Å². The number of carbonyl (C=O) groups excluding carboxylic acids is 1. The maximum absolute atomic E-state index is 11.8. The molecule has 0 saturated heterocycles. The summed E-state index contributed by atoms with van der Waals surface area (Å²) >= 11 is 0. The molecule has 0 unspecified atom stereocenters. The first-order chi connectivity index (χ1) is 12.1. The zero-order chi connectivity index (χ0) is 17.8. The Morgan fingerprint density at radius 1 is 1.32 bits per heavy atom. The Bertz CT molecular complexity index is 874. The first-order valence-corrected chi connectivity index (χ1v) is 8.38. The Morgan fingerprint density at radius 3 is 2.84 bits per heavy atom. The molecule has 0 N–H and O–H groups in total. The summed E-state index contributed by atoms with van der Waals surface area (Å²) in [5.41, 5.74) is 3.23. The summed E-state index contributed by atoms with van der Waals surface area (Å²) in [5, 5.41) is 8.42. The van der Waals surface area contributed by atoms with Gasteiger partial charge >= 0.3 is 5.97 Å². The van der Waals surface area contributed by atoms with Crippen LogP contribution >= 0.6 is 0 Å². The molecule has 0 aliphatic heterocycles. The second-order valence-electron chi connectivity index (χ2n) is 6.20. The van der Waals surface area contributed by atoms with E-state index >= 15 is 0 Å². The van der Waals surface area contributed by atoms with E-state index in [9.17, 15) is 4.79 Å². The van der Waals surface area contributed by atoms with Crippen molar-refractivity contribution in [1.29, 1.82) is 0 Å². The van der Waals surface area contributed by atoms with Gasteiger partial charge in [-0.15, -0.1) is 10.2 Å². The second kappa shape index (κ2) is 7.38. The highest BCUT2D eigenvalue weighted by Gasteiger charge is 2.17. The van der Waals surface area contributed by atoms with Gasteiger partial charge in [-0.2, -0.15) is 0 Å². The summed E-state index contributed by atoms with van der Waals surface area (Å²) < 4.78 is 6.87. The molecule has 0 fully saturated rings.